The van der Waals surface area contributed by atoms with Crippen LogP contribution >= 0.6 is 22.6 Å². The molecule has 0 amide bonds. The van der Waals surface area contributed by atoms with Crippen LogP contribution in [-0.2, 0) is 0 Å². The van der Waals surface area contributed by atoms with Crippen molar-refractivity contribution < 1.29 is 0 Å². The smallest absolute Gasteiger partial charge is 0.0268 e. The van der Waals surface area contributed by atoms with E-state index in [1.54, 1.807) is 0 Å². The van der Waals surface area contributed by atoms with Crippen LogP contribution in [-0.4, -0.2) is 27.0 Å². The van der Waals surface area contributed by atoms with Gasteiger partial charge in [0.15, 0.2) is 0 Å². The zero-order valence-electron chi connectivity index (χ0n) is 12.7. The Morgan fingerprint density at radius 3 is 1.72 bits per heavy atom. The van der Waals surface area contributed by atoms with E-state index >= 15 is 0 Å². The molecule has 0 bridgehead atoms. The zero-order chi connectivity index (χ0) is 13.4. The molecule has 2 aliphatic rings. The van der Waals surface area contributed by atoms with E-state index in [1.165, 1.54) is 25.7 Å². The lowest BCUT2D eigenvalue weighted by Crippen LogP contribution is -2.51. The number of hydrogen-bond acceptors (Lipinski definition) is 1. The Morgan fingerprint density at radius 1 is 0.833 bits per heavy atom. The molecule has 1 nitrogen and oxygen atoms in total. The highest BCUT2D eigenvalue weighted by Gasteiger charge is 2.41. The molecule has 2 rings (SSSR count). The molecule has 0 aromatic heterocycles. The van der Waals surface area contributed by atoms with Crippen molar-refractivity contribution in [3.8, 4) is 0 Å². The third kappa shape index (κ3) is 2.89. The summed E-state index contributed by atoms with van der Waals surface area (Å²) in [6.45, 7) is 12.3. The van der Waals surface area contributed by atoms with Crippen molar-refractivity contribution in [2.75, 3.05) is 0 Å². The van der Waals surface area contributed by atoms with Crippen LogP contribution < -0.4 is 0 Å². The monoisotopic (exact) mass is 363 g/mol. The molecule has 1 heterocycles. The van der Waals surface area contributed by atoms with Gasteiger partial charge in [0, 0.05) is 22.1 Å². The fraction of sp³-hybridized carbons (Fsp3) is 1.00. The maximum atomic E-state index is 2.91. The van der Waals surface area contributed by atoms with Gasteiger partial charge in [0.25, 0.3) is 0 Å². The summed E-state index contributed by atoms with van der Waals surface area (Å²) in [7, 11) is 0. The second-order valence-corrected chi connectivity index (χ2v) is 8.72. The lowest BCUT2D eigenvalue weighted by atomic mass is 9.95. The number of halogens is 1. The summed E-state index contributed by atoms with van der Waals surface area (Å²) in [6.07, 6.45) is 5.67. The normalized spacial score (nSPS) is 51.3. The summed E-state index contributed by atoms with van der Waals surface area (Å²) in [5.74, 6) is 2.64. The van der Waals surface area contributed by atoms with E-state index in [0.717, 1.165) is 39.8 Å². The number of hydrogen-bond donors (Lipinski definition) is 0. The molecule has 6 unspecified atom stereocenters. The van der Waals surface area contributed by atoms with E-state index in [2.05, 4.69) is 62.1 Å². The molecular weight excluding hydrogens is 333 g/mol. The predicted molar refractivity (Wildman–Crippen MR) is 88.3 cm³/mol. The molecule has 0 radical (unpaired) electrons. The minimum absolute atomic E-state index is 0.762. The molecule has 1 aliphatic carbocycles. The SMILES string of the molecule is CC1CC(I)[C@H](N2C(C)C(C)CCC(C)C2C)C1. The van der Waals surface area contributed by atoms with E-state index in [-0.39, 0.29) is 0 Å². The van der Waals surface area contributed by atoms with Crippen LogP contribution in [0.15, 0.2) is 0 Å². The maximum Gasteiger partial charge on any atom is 0.0268 e. The Hall–Kier alpha value is 0.690. The first-order valence-electron chi connectivity index (χ1n) is 7.83. The largest absolute Gasteiger partial charge is 0.293 e. The van der Waals surface area contributed by atoms with E-state index in [9.17, 15) is 0 Å². The van der Waals surface area contributed by atoms with Crippen molar-refractivity contribution >= 4 is 22.6 Å². The second kappa shape index (κ2) is 5.99. The summed E-state index contributed by atoms with van der Waals surface area (Å²) in [5.41, 5.74) is 0. The fourth-order valence-electron chi connectivity index (χ4n) is 4.08. The summed E-state index contributed by atoms with van der Waals surface area (Å²) in [6, 6.07) is 2.35. The minimum Gasteiger partial charge on any atom is -0.293 e. The number of rotatable bonds is 1. The van der Waals surface area contributed by atoms with Gasteiger partial charge in [-0.2, -0.15) is 0 Å². The van der Waals surface area contributed by atoms with Gasteiger partial charge in [0.05, 0.1) is 0 Å². The lowest BCUT2D eigenvalue weighted by molar-refractivity contribution is 0.0645. The first-order valence-corrected chi connectivity index (χ1v) is 9.07. The van der Waals surface area contributed by atoms with Crippen molar-refractivity contribution in [3.63, 3.8) is 0 Å². The molecule has 7 atom stereocenters. The summed E-state index contributed by atoms with van der Waals surface area (Å²) >= 11 is 2.72. The van der Waals surface area contributed by atoms with Crippen LogP contribution in [0.2, 0.25) is 0 Å². The first-order chi connectivity index (χ1) is 8.41. The van der Waals surface area contributed by atoms with E-state index in [0.29, 0.717) is 0 Å². The van der Waals surface area contributed by atoms with Crippen molar-refractivity contribution in [2.45, 2.75) is 82.4 Å². The van der Waals surface area contributed by atoms with Crippen LogP contribution in [0, 0.1) is 17.8 Å². The molecule has 0 aromatic rings. The number of alkyl halides is 1. The third-order valence-electron chi connectivity index (χ3n) is 5.74. The molecular formula is C16H30IN. The zero-order valence-corrected chi connectivity index (χ0v) is 14.9. The highest BCUT2D eigenvalue weighted by atomic mass is 127. The van der Waals surface area contributed by atoms with Gasteiger partial charge in [-0.25, -0.2) is 0 Å². The van der Waals surface area contributed by atoms with Gasteiger partial charge in [-0.05, 0) is 57.3 Å². The van der Waals surface area contributed by atoms with Gasteiger partial charge in [0.2, 0.25) is 0 Å². The van der Waals surface area contributed by atoms with E-state index in [1.807, 2.05) is 0 Å². The summed E-state index contributed by atoms with van der Waals surface area (Å²) in [4.78, 5) is 2.91. The van der Waals surface area contributed by atoms with Gasteiger partial charge in [-0.1, -0.05) is 43.4 Å². The number of nitrogens with zero attached hydrogens (tertiary/aromatic N) is 1. The Morgan fingerprint density at radius 2 is 1.33 bits per heavy atom. The van der Waals surface area contributed by atoms with Crippen LogP contribution in [0.25, 0.3) is 0 Å². The topological polar surface area (TPSA) is 3.24 Å². The lowest BCUT2D eigenvalue weighted by Gasteiger charge is -2.42. The minimum atomic E-state index is 0.762. The molecule has 1 saturated heterocycles. The predicted octanol–water partition coefficient (Wildman–Crippen LogP) is 4.73. The summed E-state index contributed by atoms with van der Waals surface area (Å²) in [5, 5.41) is 0. The highest BCUT2D eigenvalue weighted by Crippen LogP contribution is 2.40. The van der Waals surface area contributed by atoms with Gasteiger partial charge >= 0.3 is 0 Å². The molecule has 106 valence electrons. The molecule has 0 aromatic carbocycles. The average Bonchev–Trinajstić information content (AvgIpc) is 2.60. The van der Waals surface area contributed by atoms with E-state index < -0.39 is 0 Å². The molecule has 1 saturated carbocycles. The van der Waals surface area contributed by atoms with Gasteiger partial charge in [-0.15, -0.1) is 0 Å². The van der Waals surface area contributed by atoms with Crippen molar-refractivity contribution in [1.82, 2.24) is 4.90 Å². The van der Waals surface area contributed by atoms with Crippen LogP contribution in [0.1, 0.15) is 60.3 Å². The maximum absolute atomic E-state index is 2.91. The Labute approximate surface area is 127 Å². The average molecular weight is 363 g/mol. The summed E-state index contributed by atoms with van der Waals surface area (Å²) < 4.78 is 0.861. The number of likely N-dealkylation sites (tertiary alicyclic amines) is 1. The van der Waals surface area contributed by atoms with Crippen LogP contribution in [0.4, 0.5) is 0 Å². The Balaban J connectivity index is 2.20. The van der Waals surface area contributed by atoms with Gasteiger partial charge < -0.3 is 0 Å². The first kappa shape index (κ1) is 15.1. The van der Waals surface area contributed by atoms with Crippen LogP contribution in [0.3, 0.4) is 0 Å². The highest BCUT2D eigenvalue weighted by molar-refractivity contribution is 14.1. The van der Waals surface area contributed by atoms with Gasteiger partial charge in [-0.3, -0.25) is 4.90 Å². The standard InChI is InChI=1S/C16H30IN/c1-10-8-15(17)16(9-10)18-13(4)11(2)6-7-12(3)14(18)5/h10-16H,6-9H2,1-5H3/t10?,11?,12?,13?,14?,15?,16-/m1/s1. The Kier molecular flexibility index (Phi) is 5.02. The molecule has 0 spiro atoms. The van der Waals surface area contributed by atoms with E-state index in [4.69, 9.17) is 0 Å². The quantitative estimate of drug-likeness (QED) is 0.481. The molecule has 18 heavy (non-hydrogen) atoms. The molecule has 2 fully saturated rings. The fourth-order valence-corrected chi connectivity index (χ4v) is 5.61. The molecule has 1 aliphatic heterocycles. The second-order valence-electron chi connectivity index (χ2n) is 7.12. The van der Waals surface area contributed by atoms with Crippen molar-refractivity contribution in [3.05, 3.63) is 0 Å². The van der Waals surface area contributed by atoms with Crippen molar-refractivity contribution in [1.29, 1.82) is 0 Å². The third-order valence-corrected chi connectivity index (χ3v) is 7.08. The van der Waals surface area contributed by atoms with Gasteiger partial charge in [0.1, 0.15) is 0 Å². The van der Waals surface area contributed by atoms with Crippen molar-refractivity contribution in [2.24, 2.45) is 17.8 Å². The molecule has 0 N–H and O–H groups in total. The van der Waals surface area contributed by atoms with Crippen LogP contribution in [0.5, 0.6) is 0 Å². The Bertz CT molecular complexity index is 264. The molecule has 2 heteroatoms.